The molecule has 14 heteroatoms. The lowest BCUT2D eigenvalue weighted by Gasteiger charge is -2.38. The van der Waals surface area contributed by atoms with Crippen LogP contribution in [0.2, 0.25) is 0 Å². The highest BCUT2D eigenvalue weighted by Gasteiger charge is 2.36. The van der Waals surface area contributed by atoms with Crippen molar-refractivity contribution in [3.05, 3.63) is 78.6 Å². The number of urea groups is 1. The minimum Gasteiger partial charge on any atom is -0.486 e. The van der Waals surface area contributed by atoms with Crippen LogP contribution in [0.1, 0.15) is 24.2 Å². The Kier molecular flexibility index (Phi) is 9.40. The Hall–Kier alpha value is -4.92. The van der Waals surface area contributed by atoms with E-state index in [-0.39, 0.29) is 53.4 Å². The van der Waals surface area contributed by atoms with Crippen LogP contribution in [0.4, 0.5) is 16.2 Å². The number of rotatable bonds is 8. The van der Waals surface area contributed by atoms with E-state index in [9.17, 15) is 23.1 Å². The van der Waals surface area contributed by atoms with E-state index >= 15 is 0 Å². The summed E-state index contributed by atoms with van der Waals surface area (Å²) in [5.74, 6) is 0.138. The number of fused-ring (bicyclic) bond motifs is 3. The predicted octanol–water partition coefficient (Wildman–Crippen LogP) is 4.19. The number of hydrogen-bond acceptors (Lipinski definition) is 9. The lowest BCUT2D eigenvalue weighted by Crippen LogP contribution is -2.50. The van der Waals surface area contributed by atoms with Crippen LogP contribution < -0.4 is 24.8 Å². The number of para-hydroxylation sites is 1. The second-order valence-corrected chi connectivity index (χ2v) is 13.9. The average Bonchev–Trinajstić information content (AvgIpc) is 3.09. The van der Waals surface area contributed by atoms with Gasteiger partial charge < -0.3 is 34.9 Å². The van der Waals surface area contributed by atoms with E-state index in [2.05, 4.69) is 15.6 Å². The van der Waals surface area contributed by atoms with E-state index in [0.717, 1.165) is 10.8 Å². The number of carbonyl (C=O) groups excluding carboxylic acids is 2. The Morgan fingerprint density at radius 1 is 1.06 bits per heavy atom. The number of anilines is 2. The van der Waals surface area contributed by atoms with E-state index in [1.165, 1.54) is 23.5 Å². The molecule has 1 aromatic heterocycles. The van der Waals surface area contributed by atoms with Crippen molar-refractivity contribution in [1.82, 2.24) is 14.2 Å². The molecular formula is C34H37N5O8S. The van der Waals surface area contributed by atoms with Gasteiger partial charge in [0.05, 0.1) is 41.0 Å². The van der Waals surface area contributed by atoms with Gasteiger partial charge in [-0.1, -0.05) is 25.1 Å². The summed E-state index contributed by atoms with van der Waals surface area (Å²) in [7, 11) is -2.55. The molecule has 0 spiro atoms. The third kappa shape index (κ3) is 6.59. The van der Waals surface area contributed by atoms with Crippen LogP contribution in [-0.4, -0.2) is 91.8 Å². The summed E-state index contributed by atoms with van der Waals surface area (Å²) in [5, 5.41) is 17.3. The number of hydrogen-bond donors (Lipinski definition) is 3. The summed E-state index contributed by atoms with van der Waals surface area (Å²) in [6.07, 6.45) is 2.57. The molecule has 0 saturated heterocycles. The molecule has 3 N–H and O–H groups in total. The highest BCUT2D eigenvalue weighted by atomic mass is 32.2. The predicted molar refractivity (Wildman–Crippen MR) is 179 cm³/mol. The van der Waals surface area contributed by atoms with Gasteiger partial charge in [0.1, 0.15) is 19.3 Å². The Morgan fingerprint density at radius 3 is 2.58 bits per heavy atom. The quantitative estimate of drug-likeness (QED) is 0.249. The molecule has 0 radical (unpaired) electrons. The Labute approximate surface area is 278 Å². The van der Waals surface area contributed by atoms with Crippen LogP contribution in [0.15, 0.2) is 78.0 Å². The Balaban J connectivity index is 1.31. The maximum Gasteiger partial charge on any atom is 0.323 e. The van der Waals surface area contributed by atoms with Gasteiger partial charge in [0, 0.05) is 48.7 Å². The fourth-order valence-electron chi connectivity index (χ4n) is 5.78. The van der Waals surface area contributed by atoms with E-state index in [1.54, 1.807) is 66.7 Å². The van der Waals surface area contributed by atoms with Crippen molar-refractivity contribution in [2.45, 2.75) is 30.9 Å². The summed E-state index contributed by atoms with van der Waals surface area (Å²) in [6, 6.07) is 15.4. The molecule has 13 nitrogen and oxygen atoms in total. The number of pyridine rings is 1. The molecule has 0 unspecified atom stereocenters. The van der Waals surface area contributed by atoms with E-state index in [4.69, 9.17) is 14.2 Å². The average molecular weight is 676 g/mol. The van der Waals surface area contributed by atoms with Gasteiger partial charge in [0.15, 0.2) is 17.2 Å². The monoisotopic (exact) mass is 675 g/mol. The number of benzene rings is 3. The van der Waals surface area contributed by atoms with E-state index < -0.39 is 28.2 Å². The molecule has 0 bridgehead atoms. The van der Waals surface area contributed by atoms with Crippen LogP contribution in [0.25, 0.3) is 10.8 Å². The van der Waals surface area contributed by atoms with Gasteiger partial charge >= 0.3 is 6.03 Å². The number of sulfonamides is 1. The fraction of sp³-hybridized carbons (Fsp3) is 0.324. The first-order valence-corrected chi connectivity index (χ1v) is 17.0. The van der Waals surface area contributed by atoms with Crippen LogP contribution in [0, 0.1) is 5.92 Å². The number of aliphatic hydroxyl groups excluding tert-OH is 1. The van der Waals surface area contributed by atoms with Gasteiger partial charge in [-0.15, -0.1) is 0 Å². The second-order valence-electron chi connectivity index (χ2n) is 11.9. The SMILES string of the molecule is C[C@@H]1CN([C@@H](C)CO)C(=O)c2cccc(NC(=O)Nc3cccc4cnccc34)c2O[C@H]1CN(C)S(=O)(=O)c1ccc2c(c1)OCCO2. The van der Waals surface area contributed by atoms with Crippen molar-refractivity contribution in [2.75, 3.05) is 50.6 Å². The lowest BCUT2D eigenvalue weighted by molar-refractivity contribution is 0.0389. The molecular weight excluding hydrogens is 638 g/mol. The molecule has 3 amide bonds. The van der Waals surface area contributed by atoms with Gasteiger partial charge in [-0.25, -0.2) is 13.2 Å². The summed E-state index contributed by atoms with van der Waals surface area (Å²) in [6.45, 7) is 4.10. The maximum atomic E-state index is 13.9. The lowest BCUT2D eigenvalue weighted by atomic mass is 9.99. The number of nitrogens with one attached hydrogen (secondary N) is 2. The molecule has 2 aliphatic heterocycles. The molecule has 0 fully saturated rings. The molecule has 6 rings (SSSR count). The maximum absolute atomic E-state index is 13.9. The molecule has 48 heavy (non-hydrogen) atoms. The van der Waals surface area contributed by atoms with Gasteiger partial charge in [-0.3, -0.25) is 9.78 Å². The first-order valence-electron chi connectivity index (χ1n) is 15.5. The topological polar surface area (TPSA) is 160 Å². The summed E-state index contributed by atoms with van der Waals surface area (Å²) in [4.78, 5) is 32.9. The van der Waals surface area contributed by atoms with Gasteiger partial charge in [-0.2, -0.15) is 4.31 Å². The van der Waals surface area contributed by atoms with Gasteiger partial charge in [0.25, 0.3) is 5.91 Å². The Bertz CT molecular complexity index is 1950. The van der Waals surface area contributed by atoms with Crippen molar-refractivity contribution in [3.8, 4) is 17.2 Å². The minimum atomic E-state index is -4.01. The van der Waals surface area contributed by atoms with Crippen LogP contribution in [0.3, 0.4) is 0 Å². The van der Waals surface area contributed by atoms with Crippen molar-refractivity contribution >= 4 is 44.1 Å². The molecule has 0 aliphatic carbocycles. The molecule has 3 atom stereocenters. The second kappa shape index (κ2) is 13.7. The number of aliphatic hydroxyl groups is 1. The third-order valence-electron chi connectivity index (χ3n) is 8.53. The molecule has 3 heterocycles. The van der Waals surface area contributed by atoms with Crippen LogP contribution in [-0.2, 0) is 10.0 Å². The third-order valence-corrected chi connectivity index (χ3v) is 10.3. The van der Waals surface area contributed by atoms with E-state index in [0.29, 0.717) is 30.4 Å². The van der Waals surface area contributed by atoms with Crippen LogP contribution in [0.5, 0.6) is 17.2 Å². The van der Waals surface area contributed by atoms with Crippen molar-refractivity contribution in [1.29, 1.82) is 0 Å². The molecule has 252 valence electrons. The largest absolute Gasteiger partial charge is 0.486 e. The molecule has 0 saturated carbocycles. The number of aromatic nitrogens is 1. The minimum absolute atomic E-state index is 0.0297. The molecule has 2 aliphatic rings. The molecule has 3 aromatic carbocycles. The smallest absolute Gasteiger partial charge is 0.323 e. The number of carbonyl (C=O) groups is 2. The molecule has 4 aromatic rings. The number of likely N-dealkylation sites (N-methyl/N-ethyl adjacent to an activating group) is 1. The first kappa shape index (κ1) is 33.0. The fourth-order valence-corrected chi connectivity index (χ4v) is 6.98. The van der Waals surface area contributed by atoms with Crippen molar-refractivity contribution in [2.24, 2.45) is 5.92 Å². The summed E-state index contributed by atoms with van der Waals surface area (Å²) < 4.78 is 46.4. The standard InChI is InChI=1S/C34H37N5O8S/c1-21-18-39(22(2)20-40)33(41)26-7-5-9-28(37-34(42)36-27-8-4-6-23-17-35-13-12-25(23)27)32(26)47-31(21)19-38(3)48(43,44)24-10-11-29-30(16-24)46-15-14-45-29/h4-13,16-17,21-22,31,40H,14-15,18-20H2,1-3H3,(H2,36,37,42)/t21-,22+,31+/m1/s1. The van der Waals surface area contributed by atoms with Crippen molar-refractivity contribution < 1.29 is 37.3 Å². The highest BCUT2D eigenvalue weighted by Crippen LogP contribution is 2.37. The van der Waals surface area contributed by atoms with Gasteiger partial charge in [-0.05, 0) is 43.3 Å². The first-order chi connectivity index (χ1) is 23.1. The zero-order valence-corrected chi connectivity index (χ0v) is 27.6. The number of ether oxygens (including phenoxy) is 3. The zero-order chi connectivity index (χ0) is 34.0. The van der Waals surface area contributed by atoms with E-state index in [1.807, 2.05) is 13.0 Å². The zero-order valence-electron chi connectivity index (χ0n) is 26.8. The Morgan fingerprint density at radius 2 is 1.79 bits per heavy atom. The summed E-state index contributed by atoms with van der Waals surface area (Å²) in [5.41, 5.74) is 0.940. The van der Waals surface area contributed by atoms with Gasteiger partial charge in [0.2, 0.25) is 10.0 Å². The number of nitrogens with zero attached hydrogens (tertiary/aromatic N) is 3. The number of amides is 3. The highest BCUT2D eigenvalue weighted by molar-refractivity contribution is 7.89. The van der Waals surface area contributed by atoms with Crippen molar-refractivity contribution in [3.63, 3.8) is 0 Å². The normalized spacial score (nSPS) is 18.4. The van der Waals surface area contributed by atoms with Crippen LogP contribution >= 0.6 is 0 Å². The summed E-state index contributed by atoms with van der Waals surface area (Å²) >= 11 is 0.